The predicted octanol–water partition coefficient (Wildman–Crippen LogP) is 3.59. The first-order valence-corrected chi connectivity index (χ1v) is 8.27. The quantitative estimate of drug-likeness (QED) is 0.842. The van der Waals surface area contributed by atoms with Crippen molar-refractivity contribution in [2.45, 2.75) is 46.8 Å². The molecule has 0 aliphatic rings. The number of hydrogen-bond donors (Lipinski definition) is 1. The smallest absolute Gasteiger partial charge is 0.407 e. The molecule has 0 aliphatic carbocycles. The molecule has 134 valence electrons. The van der Waals surface area contributed by atoms with Crippen LogP contribution in [0.5, 0.6) is 0 Å². The van der Waals surface area contributed by atoms with Crippen molar-refractivity contribution < 1.29 is 14.3 Å². The van der Waals surface area contributed by atoms with Crippen molar-refractivity contribution in [3.8, 4) is 11.1 Å². The number of rotatable bonds is 5. The SMILES string of the molecule is CC(=O)c1ccc(-c2cnn(CCNC(=O)OC(C)(C)C)c2)c(C)c1. The van der Waals surface area contributed by atoms with E-state index in [1.54, 1.807) is 17.8 Å². The van der Waals surface area contributed by atoms with E-state index < -0.39 is 11.7 Å². The van der Waals surface area contributed by atoms with E-state index in [1.807, 2.05) is 52.1 Å². The average molecular weight is 343 g/mol. The van der Waals surface area contributed by atoms with Crippen LogP contribution in [0.1, 0.15) is 43.6 Å². The van der Waals surface area contributed by atoms with Crippen LogP contribution < -0.4 is 5.32 Å². The summed E-state index contributed by atoms with van der Waals surface area (Å²) in [5.74, 6) is 0.0542. The molecule has 0 saturated heterocycles. The lowest BCUT2D eigenvalue weighted by atomic mass is 9.99. The summed E-state index contributed by atoms with van der Waals surface area (Å²) in [7, 11) is 0. The number of ether oxygens (including phenoxy) is 1. The Labute approximate surface area is 148 Å². The standard InChI is InChI=1S/C19H25N3O3/c1-13-10-15(14(2)23)6-7-17(13)16-11-21-22(12-16)9-8-20-18(24)25-19(3,4)5/h6-7,10-12H,8-9H2,1-5H3,(H,20,24). The highest BCUT2D eigenvalue weighted by atomic mass is 16.6. The molecule has 1 heterocycles. The number of ketones is 1. The van der Waals surface area contributed by atoms with Gasteiger partial charge in [0.15, 0.2) is 5.78 Å². The van der Waals surface area contributed by atoms with Crippen LogP contribution in [-0.4, -0.2) is 33.8 Å². The molecule has 0 unspecified atom stereocenters. The number of benzene rings is 1. The first kappa shape index (κ1) is 18.7. The highest BCUT2D eigenvalue weighted by molar-refractivity contribution is 5.94. The van der Waals surface area contributed by atoms with Crippen LogP contribution in [-0.2, 0) is 11.3 Å². The second-order valence-electron chi connectivity index (χ2n) is 7.01. The Balaban J connectivity index is 1.96. The van der Waals surface area contributed by atoms with Gasteiger partial charge in [-0.25, -0.2) is 4.79 Å². The first-order valence-electron chi connectivity index (χ1n) is 8.27. The summed E-state index contributed by atoms with van der Waals surface area (Å²) in [4.78, 5) is 23.1. The molecule has 6 nitrogen and oxygen atoms in total. The Morgan fingerprint density at radius 3 is 2.60 bits per heavy atom. The Morgan fingerprint density at radius 2 is 2.00 bits per heavy atom. The van der Waals surface area contributed by atoms with E-state index in [0.29, 0.717) is 18.7 Å². The molecule has 25 heavy (non-hydrogen) atoms. The van der Waals surface area contributed by atoms with Crippen molar-refractivity contribution in [1.29, 1.82) is 0 Å². The zero-order valence-electron chi connectivity index (χ0n) is 15.4. The molecule has 2 aromatic rings. The fourth-order valence-electron chi connectivity index (χ4n) is 2.42. The van der Waals surface area contributed by atoms with Gasteiger partial charge in [-0.2, -0.15) is 5.10 Å². The third-order valence-corrected chi connectivity index (χ3v) is 3.59. The van der Waals surface area contributed by atoms with Crippen molar-refractivity contribution in [2.24, 2.45) is 0 Å². The molecule has 1 aromatic heterocycles. The lowest BCUT2D eigenvalue weighted by Gasteiger charge is -2.19. The Bertz CT molecular complexity index is 772. The molecule has 1 N–H and O–H groups in total. The molecule has 0 saturated carbocycles. The van der Waals surface area contributed by atoms with E-state index in [-0.39, 0.29) is 5.78 Å². The molecule has 2 rings (SSSR count). The summed E-state index contributed by atoms with van der Waals surface area (Å²) in [5.41, 5.74) is 3.24. The van der Waals surface area contributed by atoms with Crippen molar-refractivity contribution >= 4 is 11.9 Å². The van der Waals surface area contributed by atoms with Gasteiger partial charge in [-0.3, -0.25) is 9.48 Å². The van der Waals surface area contributed by atoms with Gasteiger partial charge in [0, 0.05) is 23.9 Å². The van der Waals surface area contributed by atoms with Crippen LogP contribution in [0.25, 0.3) is 11.1 Å². The molecular formula is C19H25N3O3. The molecule has 0 bridgehead atoms. The second kappa shape index (κ2) is 7.51. The van der Waals surface area contributed by atoms with Gasteiger partial charge < -0.3 is 10.1 Å². The maximum atomic E-state index is 11.6. The van der Waals surface area contributed by atoms with Crippen molar-refractivity contribution in [1.82, 2.24) is 15.1 Å². The van der Waals surface area contributed by atoms with Gasteiger partial charge in [-0.1, -0.05) is 12.1 Å². The summed E-state index contributed by atoms with van der Waals surface area (Å²) in [6, 6.07) is 5.65. The topological polar surface area (TPSA) is 73.2 Å². The van der Waals surface area contributed by atoms with Gasteiger partial charge in [-0.15, -0.1) is 0 Å². The number of carbonyl (C=O) groups excluding carboxylic acids is 2. The maximum Gasteiger partial charge on any atom is 0.407 e. The maximum absolute atomic E-state index is 11.6. The van der Waals surface area contributed by atoms with Gasteiger partial charge in [0.2, 0.25) is 0 Å². The van der Waals surface area contributed by atoms with Crippen LogP contribution in [0.3, 0.4) is 0 Å². The van der Waals surface area contributed by atoms with Crippen LogP contribution in [0.4, 0.5) is 4.79 Å². The van der Waals surface area contributed by atoms with Crippen molar-refractivity contribution in [2.75, 3.05) is 6.54 Å². The van der Waals surface area contributed by atoms with E-state index in [9.17, 15) is 9.59 Å². The number of alkyl carbamates (subject to hydrolysis) is 1. The monoisotopic (exact) mass is 343 g/mol. The number of Topliss-reactive ketones (excluding diaryl/α,β-unsaturated/α-hetero) is 1. The summed E-state index contributed by atoms with van der Waals surface area (Å²) in [5, 5.41) is 7.03. The van der Waals surface area contributed by atoms with Gasteiger partial charge in [0.1, 0.15) is 5.60 Å². The van der Waals surface area contributed by atoms with E-state index >= 15 is 0 Å². The number of hydrogen-bond acceptors (Lipinski definition) is 4. The molecule has 0 aliphatic heterocycles. The minimum absolute atomic E-state index is 0.0542. The van der Waals surface area contributed by atoms with Crippen LogP contribution in [0, 0.1) is 6.92 Å². The molecular weight excluding hydrogens is 318 g/mol. The minimum Gasteiger partial charge on any atom is -0.444 e. The van der Waals surface area contributed by atoms with Crippen LogP contribution in [0.15, 0.2) is 30.6 Å². The molecule has 0 fully saturated rings. The fourth-order valence-corrected chi connectivity index (χ4v) is 2.42. The summed E-state index contributed by atoms with van der Waals surface area (Å²) < 4.78 is 6.96. The molecule has 0 spiro atoms. The number of nitrogens with zero attached hydrogens (tertiary/aromatic N) is 2. The summed E-state index contributed by atoms with van der Waals surface area (Å²) in [6.07, 6.45) is 3.27. The number of carbonyl (C=O) groups is 2. The zero-order chi connectivity index (χ0) is 18.6. The highest BCUT2D eigenvalue weighted by Gasteiger charge is 2.15. The zero-order valence-corrected chi connectivity index (χ0v) is 15.4. The lowest BCUT2D eigenvalue weighted by molar-refractivity contribution is 0.0525. The van der Waals surface area contributed by atoms with Gasteiger partial charge in [-0.05, 0) is 51.8 Å². The largest absolute Gasteiger partial charge is 0.444 e. The van der Waals surface area contributed by atoms with E-state index in [1.165, 1.54) is 0 Å². The van der Waals surface area contributed by atoms with Gasteiger partial charge >= 0.3 is 6.09 Å². The van der Waals surface area contributed by atoms with Gasteiger partial charge in [0.05, 0.1) is 12.7 Å². The second-order valence-corrected chi connectivity index (χ2v) is 7.01. The summed E-state index contributed by atoms with van der Waals surface area (Å²) >= 11 is 0. The van der Waals surface area contributed by atoms with E-state index in [2.05, 4.69) is 10.4 Å². The first-order chi connectivity index (χ1) is 11.7. The summed E-state index contributed by atoms with van der Waals surface area (Å²) in [6.45, 7) is 9.99. The fraction of sp³-hybridized carbons (Fsp3) is 0.421. The van der Waals surface area contributed by atoms with Crippen molar-refractivity contribution in [3.05, 3.63) is 41.7 Å². The molecule has 0 radical (unpaired) electrons. The molecule has 1 amide bonds. The number of nitrogens with one attached hydrogen (secondary N) is 1. The average Bonchev–Trinajstić information content (AvgIpc) is 2.93. The third-order valence-electron chi connectivity index (χ3n) is 3.59. The van der Waals surface area contributed by atoms with Crippen molar-refractivity contribution in [3.63, 3.8) is 0 Å². The van der Waals surface area contributed by atoms with Crippen LogP contribution >= 0.6 is 0 Å². The Morgan fingerprint density at radius 1 is 1.28 bits per heavy atom. The highest BCUT2D eigenvalue weighted by Crippen LogP contribution is 2.24. The van der Waals surface area contributed by atoms with E-state index in [0.717, 1.165) is 16.7 Å². The lowest BCUT2D eigenvalue weighted by Crippen LogP contribution is -2.34. The molecule has 6 heteroatoms. The molecule has 0 atom stereocenters. The Kier molecular flexibility index (Phi) is 5.62. The third kappa shape index (κ3) is 5.45. The molecule has 1 aromatic carbocycles. The normalized spacial score (nSPS) is 11.2. The number of aromatic nitrogens is 2. The number of aryl methyl sites for hydroxylation is 1. The van der Waals surface area contributed by atoms with Crippen LogP contribution in [0.2, 0.25) is 0 Å². The van der Waals surface area contributed by atoms with Gasteiger partial charge in [0.25, 0.3) is 0 Å². The Hall–Kier alpha value is -2.63. The minimum atomic E-state index is -0.507. The van der Waals surface area contributed by atoms with E-state index in [4.69, 9.17) is 4.74 Å². The number of amides is 1. The predicted molar refractivity (Wildman–Crippen MR) is 96.6 cm³/mol.